The minimum absolute atomic E-state index is 0.565. The molecule has 0 saturated carbocycles. The van der Waals surface area contributed by atoms with Crippen molar-refractivity contribution in [1.82, 2.24) is 9.38 Å². The second-order valence-electron chi connectivity index (χ2n) is 4.08. The zero-order valence-corrected chi connectivity index (χ0v) is 11.3. The summed E-state index contributed by atoms with van der Waals surface area (Å²) in [5.41, 5.74) is 1.18. The van der Waals surface area contributed by atoms with Crippen LogP contribution in [0, 0.1) is 0 Å². The number of imidazole rings is 1. The monoisotopic (exact) mass is 296 g/mol. The summed E-state index contributed by atoms with van der Waals surface area (Å²) in [6.07, 6.45) is 5.91. The molecule has 1 aliphatic heterocycles. The van der Waals surface area contributed by atoms with Gasteiger partial charge in [-0.2, -0.15) is 11.8 Å². The van der Waals surface area contributed by atoms with E-state index in [1.807, 2.05) is 18.0 Å². The fourth-order valence-corrected chi connectivity index (χ4v) is 4.05. The van der Waals surface area contributed by atoms with Gasteiger partial charge >= 0.3 is 0 Å². The van der Waals surface area contributed by atoms with E-state index in [1.54, 1.807) is 0 Å². The molecular weight excluding hydrogens is 284 g/mol. The third-order valence-corrected chi connectivity index (χ3v) is 4.99. The molecule has 1 saturated heterocycles. The van der Waals surface area contributed by atoms with E-state index in [2.05, 4.69) is 43.5 Å². The molecule has 84 valence electrons. The lowest BCUT2D eigenvalue weighted by Gasteiger charge is -2.20. The first-order valence-corrected chi connectivity index (χ1v) is 7.44. The number of rotatable bonds is 1. The maximum Gasteiger partial charge on any atom is 0.127 e. The van der Waals surface area contributed by atoms with Crippen molar-refractivity contribution in [3.8, 4) is 0 Å². The number of thioether (sulfide) groups is 1. The van der Waals surface area contributed by atoms with Crippen molar-refractivity contribution in [3.05, 3.63) is 34.8 Å². The Morgan fingerprint density at radius 1 is 1.38 bits per heavy atom. The number of halogens is 1. The fourth-order valence-electron chi connectivity index (χ4n) is 2.20. The third-order valence-electron chi connectivity index (χ3n) is 3.00. The quantitative estimate of drug-likeness (QED) is 0.739. The molecule has 0 radical (unpaired) electrons. The predicted octanol–water partition coefficient (Wildman–Crippen LogP) is 4.06. The summed E-state index contributed by atoms with van der Waals surface area (Å²) in [5.74, 6) is 2.47. The first-order valence-electron chi connectivity index (χ1n) is 5.60. The second kappa shape index (κ2) is 4.41. The highest BCUT2D eigenvalue weighted by Crippen LogP contribution is 2.38. The van der Waals surface area contributed by atoms with Crippen LogP contribution in [0.2, 0.25) is 0 Å². The minimum atomic E-state index is 0.565. The SMILES string of the molecule is Brc1cccc2cnc(C3CCCCS3)n12. The van der Waals surface area contributed by atoms with Gasteiger partial charge in [0.05, 0.1) is 21.6 Å². The highest BCUT2D eigenvalue weighted by molar-refractivity contribution is 9.10. The molecule has 0 amide bonds. The molecule has 2 aromatic rings. The van der Waals surface area contributed by atoms with Gasteiger partial charge in [-0.15, -0.1) is 0 Å². The van der Waals surface area contributed by atoms with E-state index in [0.717, 1.165) is 4.60 Å². The van der Waals surface area contributed by atoms with Crippen LogP contribution < -0.4 is 0 Å². The van der Waals surface area contributed by atoms with Crippen LogP contribution in [-0.2, 0) is 0 Å². The molecule has 1 aliphatic rings. The molecule has 1 atom stereocenters. The molecule has 0 N–H and O–H groups in total. The van der Waals surface area contributed by atoms with Gasteiger partial charge in [0.25, 0.3) is 0 Å². The number of fused-ring (bicyclic) bond motifs is 1. The summed E-state index contributed by atoms with van der Waals surface area (Å²) >= 11 is 5.65. The largest absolute Gasteiger partial charge is 0.290 e. The van der Waals surface area contributed by atoms with Gasteiger partial charge in [-0.3, -0.25) is 4.40 Å². The van der Waals surface area contributed by atoms with Crippen LogP contribution >= 0.6 is 27.7 Å². The summed E-state index contributed by atoms with van der Waals surface area (Å²) < 4.78 is 3.33. The minimum Gasteiger partial charge on any atom is -0.290 e. The maximum atomic E-state index is 4.59. The van der Waals surface area contributed by atoms with Gasteiger partial charge in [-0.1, -0.05) is 12.5 Å². The lowest BCUT2D eigenvalue weighted by molar-refractivity contribution is 0.659. The lowest BCUT2D eigenvalue weighted by Crippen LogP contribution is -2.06. The van der Waals surface area contributed by atoms with Gasteiger partial charge in [0.15, 0.2) is 0 Å². The van der Waals surface area contributed by atoms with Gasteiger partial charge in [0.1, 0.15) is 5.82 Å². The Bertz CT molecular complexity index is 503. The first-order chi connectivity index (χ1) is 7.86. The smallest absolute Gasteiger partial charge is 0.127 e. The Morgan fingerprint density at radius 3 is 3.12 bits per heavy atom. The molecular formula is C12H13BrN2S. The summed E-state index contributed by atoms with van der Waals surface area (Å²) in [6.45, 7) is 0. The normalized spacial score (nSPS) is 21.4. The standard InChI is InChI=1S/C12H13BrN2S/c13-11-6-3-4-9-8-14-12(15(9)11)10-5-1-2-7-16-10/h3-4,6,8,10H,1-2,5,7H2. The topological polar surface area (TPSA) is 17.3 Å². The zero-order chi connectivity index (χ0) is 11.0. The average Bonchev–Trinajstić information content (AvgIpc) is 2.75. The average molecular weight is 297 g/mol. The number of pyridine rings is 1. The Labute approximate surface area is 108 Å². The molecule has 2 aromatic heterocycles. The van der Waals surface area contributed by atoms with Crippen molar-refractivity contribution < 1.29 is 0 Å². The van der Waals surface area contributed by atoms with E-state index in [-0.39, 0.29) is 0 Å². The van der Waals surface area contributed by atoms with Crippen molar-refractivity contribution in [2.75, 3.05) is 5.75 Å². The van der Waals surface area contributed by atoms with Crippen LogP contribution in [0.15, 0.2) is 29.0 Å². The highest BCUT2D eigenvalue weighted by Gasteiger charge is 2.20. The highest BCUT2D eigenvalue weighted by atomic mass is 79.9. The van der Waals surface area contributed by atoms with Gasteiger partial charge in [-0.25, -0.2) is 4.98 Å². The molecule has 0 aromatic carbocycles. The van der Waals surface area contributed by atoms with Crippen molar-refractivity contribution >= 4 is 33.2 Å². The van der Waals surface area contributed by atoms with E-state index < -0.39 is 0 Å². The van der Waals surface area contributed by atoms with E-state index in [9.17, 15) is 0 Å². The lowest BCUT2D eigenvalue weighted by atomic mass is 10.2. The number of hydrogen-bond donors (Lipinski definition) is 0. The van der Waals surface area contributed by atoms with E-state index in [0.29, 0.717) is 5.25 Å². The van der Waals surface area contributed by atoms with E-state index in [4.69, 9.17) is 0 Å². The van der Waals surface area contributed by atoms with E-state index >= 15 is 0 Å². The summed E-state index contributed by atoms with van der Waals surface area (Å²) in [4.78, 5) is 4.59. The number of aromatic nitrogens is 2. The number of hydrogen-bond acceptors (Lipinski definition) is 2. The molecule has 1 unspecified atom stereocenters. The number of nitrogens with zero attached hydrogens (tertiary/aromatic N) is 2. The molecule has 3 heterocycles. The molecule has 4 heteroatoms. The van der Waals surface area contributed by atoms with Crippen LogP contribution in [0.4, 0.5) is 0 Å². The van der Waals surface area contributed by atoms with Gasteiger partial charge in [-0.05, 0) is 46.7 Å². The van der Waals surface area contributed by atoms with Gasteiger partial charge in [0.2, 0.25) is 0 Å². The molecule has 0 aliphatic carbocycles. The predicted molar refractivity (Wildman–Crippen MR) is 71.9 cm³/mol. The Hall–Kier alpha value is -0.480. The first kappa shape index (κ1) is 10.7. The van der Waals surface area contributed by atoms with Crippen LogP contribution in [-0.4, -0.2) is 15.1 Å². The molecule has 0 bridgehead atoms. The van der Waals surface area contributed by atoms with Crippen molar-refractivity contribution in [1.29, 1.82) is 0 Å². The van der Waals surface area contributed by atoms with Crippen molar-refractivity contribution in [2.45, 2.75) is 24.5 Å². The van der Waals surface area contributed by atoms with Crippen molar-refractivity contribution in [3.63, 3.8) is 0 Å². The summed E-state index contributed by atoms with van der Waals surface area (Å²) in [7, 11) is 0. The second-order valence-corrected chi connectivity index (χ2v) is 6.20. The van der Waals surface area contributed by atoms with Crippen LogP contribution in [0.5, 0.6) is 0 Å². The van der Waals surface area contributed by atoms with Gasteiger partial charge < -0.3 is 0 Å². The Morgan fingerprint density at radius 2 is 2.31 bits per heavy atom. The molecule has 0 spiro atoms. The van der Waals surface area contributed by atoms with Crippen LogP contribution in [0.25, 0.3) is 5.52 Å². The molecule has 16 heavy (non-hydrogen) atoms. The zero-order valence-electron chi connectivity index (χ0n) is 8.90. The van der Waals surface area contributed by atoms with Crippen molar-refractivity contribution in [2.24, 2.45) is 0 Å². The third kappa shape index (κ3) is 1.78. The fraction of sp³-hybridized carbons (Fsp3) is 0.417. The summed E-state index contributed by atoms with van der Waals surface area (Å²) in [5, 5.41) is 0.565. The Balaban J connectivity index is 2.09. The van der Waals surface area contributed by atoms with E-state index in [1.165, 1.54) is 36.4 Å². The van der Waals surface area contributed by atoms with Gasteiger partial charge in [0, 0.05) is 0 Å². The Kier molecular flexibility index (Phi) is 2.94. The van der Waals surface area contributed by atoms with Crippen LogP contribution in [0.3, 0.4) is 0 Å². The maximum absolute atomic E-state index is 4.59. The molecule has 3 rings (SSSR count). The molecule has 2 nitrogen and oxygen atoms in total. The van der Waals surface area contributed by atoms with Crippen LogP contribution in [0.1, 0.15) is 30.3 Å². The summed E-state index contributed by atoms with van der Waals surface area (Å²) in [6, 6.07) is 6.24. The molecule has 1 fully saturated rings.